The van der Waals surface area contributed by atoms with Crippen LogP contribution in [-0.2, 0) is 17.6 Å². The van der Waals surface area contributed by atoms with E-state index in [2.05, 4.69) is 29.4 Å². The van der Waals surface area contributed by atoms with Crippen LogP contribution >= 0.6 is 11.3 Å². The lowest BCUT2D eigenvalue weighted by atomic mass is 9.97. The molecule has 5 unspecified atom stereocenters. The zero-order chi connectivity index (χ0) is 20.1. The first-order valence-corrected chi connectivity index (χ1v) is 9.85. The van der Waals surface area contributed by atoms with E-state index in [0.717, 1.165) is 16.9 Å². The van der Waals surface area contributed by atoms with Crippen molar-refractivity contribution in [3.8, 4) is 5.75 Å². The molecule has 7 nitrogen and oxygen atoms in total. The Morgan fingerprint density at radius 2 is 1.82 bits per heavy atom. The highest BCUT2D eigenvalue weighted by Crippen LogP contribution is 2.33. The zero-order valence-electron chi connectivity index (χ0n) is 15.2. The molecule has 1 fully saturated rings. The van der Waals surface area contributed by atoms with E-state index in [-0.39, 0.29) is 0 Å². The number of thiophene rings is 1. The molecule has 0 spiro atoms. The predicted molar refractivity (Wildman–Crippen MR) is 103 cm³/mol. The van der Waals surface area contributed by atoms with Gasteiger partial charge in [0, 0.05) is 6.42 Å². The van der Waals surface area contributed by atoms with Crippen molar-refractivity contribution >= 4 is 11.3 Å². The van der Waals surface area contributed by atoms with E-state index in [0.29, 0.717) is 12.2 Å². The Balaban J connectivity index is 1.78. The molecule has 150 valence electrons. The van der Waals surface area contributed by atoms with E-state index in [1.54, 1.807) is 6.07 Å². The number of hydrogen-bond donors (Lipinski definition) is 1. The Morgan fingerprint density at radius 3 is 2.43 bits per heavy atom. The molecule has 5 atom stereocenters. The molecule has 2 aromatic rings. The third-order valence-electron chi connectivity index (χ3n) is 4.79. The van der Waals surface area contributed by atoms with Crippen molar-refractivity contribution in [1.29, 1.82) is 0 Å². The van der Waals surface area contributed by atoms with Gasteiger partial charge in [0.2, 0.25) is 6.29 Å². The molecule has 1 aliphatic heterocycles. The van der Waals surface area contributed by atoms with Crippen molar-refractivity contribution in [3.63, 3.8) is 0 Å². The standard InChI is InChI=1S/C19H21FN2O5S/c1-2-11-3-5-12(6-4-11)9-15-13(7-8-28-15)26-19-18(22-25)17(21-24)16(20)14(10-23)27-19/h3-8,14,16-19,23H,2,9-10H2,1H3. The number of ether oxygens (including phenoxy) is 2. The Bertz CT molecular complexity index is 800. The van der Waals surface area contributed by atoms with Gasteiger partial charge in [-0.15, -0.1) is 11.3 Å². The molecule has 1 saturated heterocycles. The largest absolute Gasteiger partial charge is 0.461 e. The summed E-state index contributed by atoms with van der Waals surface area (Å²) in [4.78, 5) is 23.1. The summed E-state index contributed by atoms with van der Waals surface area (Å²) >= 11 is 1.47. The first kappa shape index (κ1) is 20.5. The summed E-state index contributed by atoms with van der Waals surface area (Å²) in [6.07, 6.45) is -2.98. The molecule has 0 bridgehead atoms. The van der Waals surface area contributed by atoms with Crippen LogP contribution in [0.25, 0.3) is 0 Å². The average molecular weight is 408 g/mol. The first-order valence-electron chi connectivity index (χ1n) is 8.97. The lowest BCUT2D eigenvalue weighted by Crippen LogP contribution is -2.57. The van der Waals surface area contributed by atoms with E-state index in [1.807, 2.05) is 17.5 Å². The SMILES string of the molecule is CCc1ccc(Cc2sccc2OC2OC(CO)C(F)C(N=O)C2N=O)cc1. The van der Waals surface area contributed by atoms with Gasteiger partial charge in [0.25, 0.3) is 0 Å². The fourth-order valence-corrected chi connectivity index (χ4v) is 3.98. The van der Waals surface area contributed by atoms with Crippen molar-refractivity contribution in [2.75, 3.05) is 6.61 Å². The number of aliphatic hydroxyl groups excluding tert-OH is 1. The van der Waals surface area contributed by atoms with Gasteiger partial charge in [0.15, 0.2) is 18.3 Å². The molecule has 0 radical (unpaired) electrons. The summed E-state index contributed by atoms with van der Waals surface area (Å²) in [6, 6.07) is 6.91. The molecule has 1 aliphatic rings. The summed E-state index contributed by atoms with van der Waals surface area (Å²) in [5.41, 5.74) is 2.33. The smallest absolute Gasteiger partial charge is 0.228 e. The Hall–Kier alpha value is -2.23. The van der Waals surface area contributed by atoms with Crippen molar-refractivity contribution in [2.24, 2.45) is 10.4 Å². The number of alkyl halides is 1. The predicted octanol–water partition coefficient (Wildman–Crippen LogP) is 3.61. The Morgan fingerprint density at radius 1 is 1.14 bits per heavy atom. The Labute approximate surface area is 165 Å². The number of hydrogen-bond acceptors (Lipinski definition) is 8. The van der Waals surface area contributed by atoms with Crippen LogP contribution in [0.2, 0.25) is 0 Å². The number of rotatable bonds is 8. The van der Waals surface area contributed by atoms with Crippen molar-refractivity contribution in [3.05, 3.63) is 61.5 Å². The van der Waals surface area contributed by atoms with Crippen LogP contribution in [0.3, 0.4) is 0 Å². The number of aliphatic hydroxyl groups is 1. The monoisotopic (exact) mass is 408 g/mol. The topological polar surface area (TPSA) is 97.6 Å². The average Bonchev–Trinajstić information content (AvgIpc) is 3.15. The maximum Gasteiger partial charge on any atom is 0.228 e. The van der Waals surface area contributed by atoms with Crippen LogP contribution in [0.1, 0.15) is 22.9 Å². The van der Waals surface area contributed by atoms with Crippen LogP contribution in [-0.4, -0.2) is 42.4 Å². The number of nitrogens with zero attached hydrogens (tertiary/aromatic N) is 2. The fourth-order valence-electron chi connectivity index (χ4n) is 3.14. The maximum atomic E-state index is 14.2. The maximum absolute atomic E-state index is 14.2. The number of aryl methyl sites for hydroxylation is 1. The third-order valence-corrected chi connectivity index (χ3v) is 5.69. The van der Waals surface area contributed by atoms with E-state index < -0.39 is 37.3 Å². The number of nitroso groups, excluding NO2 is 2. The Kier molecular flexibility index (Phi) is 6.82. The van der Waals surface area contributed by atoms with E-state index in [4.69, 9.17) is 9.47 Å². The first-order chi connectivity index (χ1) is 13.6. The summed E-state index contributed by atoms with van der Waals surface area (Å²) in [7, 11) is 0. The van der Waals surface area contributed by atoms with Gasteiger partial charge in [-0.3, -0.25) is 0 Å². The van der Waals surface area contributed by atoms with E-state index >= 15 is 0 Å². The normalized spacial score (nSPS) is 27.3. The quantitative estimate of drug-likeness (QED) is 0.673. The molecule has 1 N–H and O–H groups in total. The highest BCUT2D eigenvalue weighted by Gasteiger charge is 2.50. The molecule has 1 aromatic heterocycles. The lowest BCUT2D eigenvalue weighted by molar-refractivity contribution is -0.196. The third kappa shape index (κ3) is 4.26. The molecule has 0 amide bonds. The molecule has 9 heteroatoms. The van der Waals surface area contributed by atoms with Crippen LogP contribution in [0.15, 0.2) is 46.1 Å². The molecular weight excluding hydrogens is 387 g/mol. The van der Waals surface area contributed by atoms with Crippen LogP contribution in [0.5, 0.6) is 5.75 Å². The van der Waals surface area contributed by atoms with Gasteiger partial charge < -0.3 is 14.6 Å². The minimum absolute atomic E-state index is 0.460. The molecule has 1 aromatic carbocycles. The molecule has 3 rings (SSSR count). The van der Waals surface area contributed by atoms with Crippen molar-refractivity contribution < 1.29 is 19.0 Å². The molecule has 0 saturated carbocycles. The zero-order valence-corrected chi connectivity index (χ0v) is 16.0. The van der Waals surface area contributed by atoms with Crippen molar-refractivity contribution in [1.82, 2.24) is 0 Å². The highest BCUT2D eigenvalue weighted by molar-refractivity contribution is 7.10. The summed E-state index contributed by atoms with van der Waals surface area (Å²) in [5.74, 6) is 0.460. The van der Waals surface area contributed by atoms with Crippen LogP contribution in [0, 0.1) is 9.81 Å². The van der Waals surface area contributed by atoms with Crippen LogP contribution in [0.4, 0.5) is 4.39 Å². The van der Waals surface area contributed by atoms with Gasteiger partial charge in [0.05, 0.1) is 11.5 Å². The lowest BCUT2D eigenvalue weighted by Gasteiger charge is -2.37. The van der Waals surface area contributed by atoms with Gasteiger partial charge in [-0.2, -0.15) is 9.81 Å². The molecule has 0 aliphatic carbocycles. The number of halogens is 1. The van der Waals surface area contributed by atoms with Gasteiger partial charge in [-0.05, 0) is 29.0 Å². The van der Waals surface area contributed by atoms with Gasteiger partial charge in [0.1, 0.15) is 11.9 Å². The van der Waals surface area contributed by atoms with E-state index in [1.165, 1.54) is 16.9 Å². The second kappa shape index (κ2) is 9.31. The van der Waals surface area contributed by atoms with Gasteiger partial charge in [-0.25, -0.2) is 4.39 Å². The minimum Gasteiger partial charge on any atom is -0.461 e. The number of benzene rings is 1. The van der Waals surface area contributed by atoms with Gasteiger partial charge >= 0.3 is 0 Å². The second-order valence-electron chi connectivity index (χ2n) is 6.53. The van der Waals surface area contributed by atoms with Crippen molar-refractivity contribution in [2.45, 2.75) is 50.4 Å². The minimum atomic E-state index is -1.93. The van der Waals surface area contributed by atoms with Gasteiger partial charge in [-0.1, -0.05) is 41.5 Å². The highest BCUT2D eigenvalue weighted by atomic mass is 32.1. The fraction of sp³-hybridized carbons (Fsp3) is 0.474. The molecule has 28 heavy (non-hydrogen) atoms. The second-order valence-corrected chi connectivity index (χ2v) is 7.54. The summed E-state index contributed by atoms with van der Waals surface area (Å²) in [6.45, 7) is 1.42. The van der Waals surface area contributed by atoms with E-state index in [9.17, 15) is 19.3 Å². The molecule has 2 heterocycles. The summed E-state index contributed by atoms with van der Waals surface area (Å²) < 4.78 is 25.3. The molecular formula is C19H21FN2O5S. The van der Waals surface area contributed by atoms with Crippen LogP contribution < -0.4 is 4.74 Å². The summed E-state index contributed by atoms with van der Waals surface area (Å²) in [5, 5.41) is 16.6.